The highest BCUT2D eigenvalue weighted by atomic mass is 35.5. The van der Waals surface area contributed by atoms with Crippen molar-refractivity contribution in [2.75, 3.05) is 11.0 Å². The molecule has 11 heteroatoms. The lowest BCUT2D eigenvalue weighted by Gasteiger charge is -2.25. The third kappa shape index (κ3) is 4.04. The van der Waals surface area contributed by atoms with Crippen LogP contribution in [-0.4, -0.2) is 36.8 Å². The molecule has 1 atom stereocenters. The van der Waals surface area contributed by atoms with E-state index < -0.39 is 27.5 Å². The normalized spacial score (nSPS) is 18.2. The summed E-state index contributed by atoms with van der Waals surface area (Å²) in [6.45, 7) is 0. The Morgan fingerprint density at radius 3 is 2.30 bits per heavy atom. The lowest BCUT2D eigenvalue weighted by atomic mass is 9.83. The molecule has 8 nitrogen and oxygen atoms in total. The second-order valence-corrected chi connectivity index (χ2v) is 9.04. The van der Waals surface area contributed by atoms with E-state index in [0.29, 0.717) is 0 Å². The minimum atomic E-state index is -3.53. The van der Waals surface area contributed by atoms with Crippen molar-refractivity contribution >= 4 is 56.4 Å². The molecule has 0 aromatic heterocycles. The van der Waals surface area contributed by atoms with E-state index in [2.05, 4.69) is 9.71 Å². The van der Waals surface area contributed by atoms with Crippen molar-refractivity contribution in [1.29, 1.82) is 0 Å². The van der Waals surface area contributed by atoms with Crippen LogP contribution in [0, 0.1) is 0 Å². The number of carboxylic acid groups (broad SMARTS) is 2. The largest absolute Gasteiger partial charge is 0.479 e. The number of carbonyl (C=O) groups is 2. The number of nitrogens with zero attached hydrogens (tertiary/aromatic N) is 1. The first-order valence-corrected chi connectivity index (χ1v) is 10.9. The van der Waals surface area contributed by atoms with Gasteiger partial charge < -0.3 is 10.2 Å². The lowest BCUT2D eigenvalue weighted by molar-refractivity contribution is -0.141. The Hall–Kier alpha value is -2.88. The van der Waals surface area contributed by atoms with Gasteiger partial charge in [0.05, 0.1) is 16.6 Å². The Kier molecular flexibility index (Phi) is 5.64. The van der Waals surface area contributed by atoms with E-state index in [-0.39, 0.29) is 37.4 Å². The van der Waals surface area contributed by atoms with Gasteiger partial charge in [0.2, 0.25) is 15.6 Å². The molecule has 3 rings (SSSR count). The quantitative estimate of drug-likeness (QED) is 0.553. The zero-order valence-electron chi connectivity index (χ0n) is 15.3. The van der Waals surface area contributed by atoms with Crippen LogP contribution in [0.3, 0.4) is 0 Å². The van der Waals surface area contributed by atoms with Gasteiger partial charge in [-0.3, -0.25) is 9.71 Å². The fraction of sp³-hybridized carbons (Fsp3) is 0.105. The third-order valence-electron chi connectivity index (χ3n) is 4.29. The number of halogens is 2. The average molecular weight is 469 g/mol. The molecule has 1 heterocycles. The molecule has 2 aromatic rings. The van der Waals surface area contributed by atoms with Crippen LogP contribution in [0.4, 0.5) is 5.69 Å². The van der Waals surface area contributed by atoms with Gasteiger partial charge in [-0.25, -0.2) is 18.0 Å². The molecular weight excluding hydrogens is 455 g/mol. The number of carboxylic acids is 2. The highest BCUT2D eigenvalue weighted by molar-refractivity contribution is 7.92. The Morgan fingerprint density at radius 1 is 1.13 bits per heavy atom. The summed E-state index contributed by atoms with van der Waals surface area (Å²) in [5.74, 6) is -2.66. The van der Waals surface area contributed by atoms with E-state index in [1.165, 1.54) is 36.4 Å². The number of rotatable bonds is 6. The molecule has 2 aromatic carbocycles. The Bertz CT molecular complexity index is 1320. The van der Waals surface area contributed by atoms with Crippen LogP contribution >= 0.6 is 23.2 Å². The maximum Gasteiger partial charge on any atom is 0.341 e. The van der Waals surface area contributed by atoms with Crippen LogP contribution in [0.25, 0.3) is 5.57 Å². The number of hydrogen-bond donors (Lipinski definition) is 3. The molecule has 0 aliphatic carbocycles. The minimum Gasteiger partial charge on any atom is -0.479 e. The first kappa shape index (κ1) is 21.8. The van der Waals surface area contributed by atoms with Crippen LogP contribution in [-0.2, 0) is 25.2 Å². The number of aliphatic carboxylic acids is 2. The van der Waals surface area contributed by atoms with Gasteiger partial charge in [-0.1, -0.05) is 35.3 Å². The molecule has 3 N–H and O–H groups in total. The van der Waals surface area contributed by atoms with Crippen molar-refractivity contribution in [3.63, 3.8) is 0 Å². The van der Waals surface area contributed by atoms with Gasteiger partial charge in [0.15, 0.2) is 0 Å². The maximum atomic E-state index is 12.5. The standard InChI is InChI=1S/C19H14Cl2N2O6S/c1-30(28,29)23-12-4-2-10(3-5-12)19(18(26)27)13(6-7-16(24)25)17-14(21)8-11(20)9-15(17)22-19/h2-9,23H,1H3,(H,24,25)(H,26,27). The van der Waals surface area contributed by atoms with Gasteiger partial charge in [0, 0.05) is 27.6 Å². The van der Waals surface area contributed by atoms with E-state index in [9.17, 15) is 23.1 Å². The topological polar surface area (TPSA) is 133 Å². The first-order chi connectivity index (χ1) is 13.9. The Morgan fingerprint density at radius 2 is 1.77 bits per heavy atom. The van der Waals surface area contributed by atoms with Crippen LogP contribution in [0.15, 0.2) is 53.5 Å². The molecule has 0 radical (unpaired) electrons. The molecule has 0 saturated heterocycles. The summed E-state index contributed by atoms with van der Waals surface area (Å²) < 4.78 is 25.1. The number of sulfonamides is 1. The molecule has 0 saturated carbocycles. The molecule has 0 amide bonds. The summed E-state index contributed by atoms with van der Waals surface area (Å²) in [6.07, 6.45) is 2.91. The summed E-state index contributed by atoms with van der Waals surface area (Å²) >= 11 is 12.3. The van der Waals surface area contributed by atoms with Crippen molar-refractivity contribution < 1.29 is 28.2 Å². The summed E-state index contributed by atoms with van der Waals surface area (Å²) in [7, 11) is -3.53. The fourth-order valence-electron chi connectivity index (χ4n) is 3.20. The van der Waals surface area contributed by atoms with Crippen molar-refractivity contribution in [3.8, 4) is 0 Å². The average Bonchev–Trinajstić information content (AvgIpc) is 2.94. The van der Waals surface area contributed by atoms with Crippen molar-refractivity contribution in [1.82, 2.24) is 0 Å². The number of benzene rings is 2. The van der Waals surface area contributed by atoms with Gasteiger partial charge in [0.1, 0.15) is 0 Å². The van der Waals surface area contributed by atoms with Crippen LogP contribution in [0.5, 0.6) is 0 Å². The van der Waals surface area contributed by atoms with Crippen LogP contribution in [0.1, 0.15) is 5.56 Å². The van der Waals surface area contributed by atoms with Crippen LogP contribution < -0.4 is 15.3 Å². The number of fused-ring (bicyclic) bond motifs is 1. The molecule has 0 bridgehead atoms. The summed E-state index contributed by atoms with van der Waals surface area (Å²) in [5.41, 5.74) is -1.58. The Labute approximate surface area is 180 Å². The van der Waals surface area contributed by atoms with E-state index in [1.807, 2.05) is 0 Å². The predicted molar refractivity (Wildman–Crippen MR) is 112 cm³/mol. The van der Waals surface area contributed by atoms with Gasteiger partial charge in [0.25, 0.3) is 0 Å². The van der Waals surface area contributed by atoms with Crippen molar-refractivity contribution in [2.45, 2.75) is 5.54 Å². The zero-order chi connectivity index (χ0) is 22.3. The first-order valence-electron chi connectivity index (χ1n) is 8.26. The SMILES string of the molecule is CS(=O)(=O)Nc1ccc(C2(C(=O)O)N=c3cc(Cl)cc(Cl)c3=C2C=CC(=O)O)cc1. The predicted octanol–water partition coefficient (Wildman–Crippen LogP) is 1.77. The highest BCUT2D eigenvalue weighted by Crippen LogP contribution is 2.38. The highest BCUT2D eigenvalue weighted by Gasteiger charge is 2.46. The minimum absolute atomic E-state index is 0.0397. The second-order valence-electron chi connectivity index (χ2n) is 6.45. The van der Waals surface area contributed by atoms with E-state index in [1.54, 1.807) is 0 Å². The summed E-state index contributed by atoms with van der Waals surface area (Å²) in [5, 5.41) is 20.0. The molecule has 0 spiro atoms. The van der Waals surface area contributed by atoms with Crippen LogP contribution in [0.2, 0.25) is 10.0 Å². The number of hydrogen-bond acceptors (Lipinski definition) is 5. The molecule has 0 fully saturated rings. The smallest absolute Gasteiger partial charge is 0.341 e. The maximum absolute atomic E-state index is 12.5. The summed E-state index contributed by atoms with van der Waals surface area (Å²) in [4.78, 5) is 27.9. The van der Waals surface area contributed by atoms with Crippen molar-refractivity contribution in [2.24, 2.45) is 4.99 Å². The van der Waals surface area contributed by atoms with Crippen molar-refractivity contribution in [3.05, 3.63) is 74.7 Å². The lowest BCUT2D eigenvalue weighted by Crippen LogP contribution is -2.34. The molecule has 1 aliphatic rings. The van der Waals surface area contributed by atoms with Gasteiger partial charge in [-0.15, -0.1) is 0 Å². The van der Waals surface area contributed by atoms with E-state index >= 15 is 0 Å². The third-order valence-corrected chi connectivity index (χ3v) is 5.41. The molecular formula is C19H14Cl2N2O6S. The zero-order valence-corrected chi connectivity index (χ0v) is 17.6. The van der Waals surface area contributed by atoms with Gasteiger partial charge in [-0.2, -0.15) is 0 Å². The molecule has 1 unspecified atom stereocenters. The molecule has 30 heavy (non-hydrogen) atoms. The second kappa shape index (κ2) is 7.75. The van der Waals surface area contributed by atoms with Gasteiger partial charge in [-0.05, 0) is 35.9 Å². The van der Waals surface area contributed by atoms with E-state index in [4.69, 9.17) is 28.3 Å². The number of anilines is 1. The Balaban J connectivity index is 2.32. The van der Waals surface area contributed by atoms with E-state index in [0.717, 1.165) is 18.4 Å². The fourth-order valence-corrected chi connectivity index (χ4v) is 4.34. The van der Waals surface area contributed by atoms with Gasteiger partial charge >= 0.3 is 11.9 Å². The molecule has 1 aliphatic heterocycles. The number of nitrogens with one attached hydrogen (secondary N) is 1. The monoisotopic (exact) mass is 468 g/mol. The summed E-state index contributed by atoms with van der Waals surface area (Å²) in [6, 6.07) is 8.38. The molecule has 156 valence electrons.